The molecule has 0 aromatic carbocycles. The summed E-state index contributed by atoms with van der Waals surface area (Å²) in [5, 5.41) is 9.01. The standard InChI is InChI=1S/C10H15NO2S2/c1-5(2)8-7(4)15-10(14)11(8)6(3)9(12)13/h5-6H,1-4H3,(H,12,13)/t6-/m0/s1. The largest absolute Gasteiger partial charge is 0.480 e. The van der Waals surface area contributed by atoms with E-state index in [-0.39, 0.29) is 0 Å². The maximum absolute atomic E-state index is 11.0. The van der Waals surface area contributed by atoms with Crippen LogP contribution in [0.5, 0.6) is 0 Å². The Hall–Kier alpha value is -0.680. The predicted octanol–water partition coefficient (Wildman–Crippen LogP) is 3.36. The first-order chi connectivity index (χ1) is 6.86. The van der Waals surface area contributed by atoms with Gasteiger partial charge in [0, 0.05) is 10.6 Å². The third-order valence-electron chi connectivity index (χ3n) is 2.35. The first-order valence-corrected chi connectivity index (χ1v) is 6.03. The Kier molecular flexibility index (Phi) is 3.67. The minimum atomic E-state index is -0.842. The predicted molar refractivity (Wildman–Crippen MR) is 64.3 cm³/mol. The SMILES string of the molecule is Cc1sc(=S)n([C@@H](C)C(=O)O)c1C(C)C. The summed E-state index contributed by atoms with van der Waals surface area (Å²) >= 11 is 6.68. The van der Waals surface area contributed by atoms with E-state index in [1.165, 1.54) is 11.3 Å². The minimum absolute atomic E-state index is 0.291. The molecule has 5 heteroatoms. The van der Waals surface area contributed by atoms with E-state index in [4.69, 9.17) is 17.3 Å². The summed E-state index contributed by atoms with van der Waals surface area (Å²) < 4.78 is 2.40. The molecule has 0 amide bonds. The van der Waals surface area contributed by atoms with E-state index in [9.17, 15) is 4.79 Å². The van der Waals surface area contributed by atoms with Crippen molar-refractivity contribution in [3.8, 4) is 0 Å². The minimum Gasteiger partial charge on any atom is -0.480 e. The lowest BCUT2D eigenvalue weighted by atomic mass is 10.1. The van der Waals surface area contributed by atoms with Gasteiger partial charge in [-0.25, -0.2) is 4.79 Å². The van der Waals surface area contributed by atoms with Gasteiger partial charge in [-0.15, -0.1) is 11.3 Å². The van der Waals surface area contributed by atoms with E-state index in [1.807, 2.05) is 6.92 Å². The van der Waals surface area contributed by atoms with Crippen LogP contribution in [0.15, 0.2) is 0 Å². The first kappa shape index (κ1) is 12.4. The van der Waals surface area contributed by atoms with Crippen molar-refractivity contribution in [3.63, 3.8) is 0 Å². The Morgan fingerprint density at radius 3 is 2.40 bits per heavy atom. The molecule has 0 aliphatic carbocycles. The number of carbonyl (C=O) groups is 1. The average molecular weight is 245 g/mol. The number of nitrogens with zero attached hydrogens (tertiary/aromatic N) is 1. The van der Waals surface area contributed by atoms with Gasteiger partial charge in [0.05, 0.1) is 0 Å². The summed E-state index contributed by atoms with van der Waals surface area (Å²) in [5.41, 5.74) is 1.04. The Morgan fingerprint density at radius 2 is 2.00 bits per heavy atom. The molecule has 15 heavy (non-hydrogen) atoms. The summed E-state index contributed by atoms with van der Waals surface area (Å²) in [5.74, 6) is -0.550. The summed E-state index contributed by atoms with van der Waals surface area (Å²) in [6.45, 7) is 7.75. The highest BCUT2D eigenvalue weighted by Crippen LogP contribution is 2.28. The number of carboxylic acids is 1. The van der Waals surface area contributed by atoms with Crippen molar-refractivity contribution >= 4 is 29.5 Å². The van der Waals surface area contributed by atoms with Gasteiger partial charge in [0.1, 0.15) is 6.04 Å². The van der Waals surface area contributed by atoms with Crippen molar-refractivity contribution in [3.05, 3.63) is 14.5 Å². The van der Waals surface area contributed by atoms with Gasteiger partial charge in [0.15, 0.2) is 3.95 Å². The third-order valence-corrected chi connectivity index (χ3v) is 3.68. The second-order valence-electron chi connectivity index (χ2n) is 3.85. The molecule has 0 aliphatic rings. The van der Waals surface area contributed by atoms with Crippen LogP contribution in [0, 0.1) is 10.9 Å². The van der Waals surface area contributed by atoms with E-state index >= 15 is 0 Å². The second kappa shape index (κ2) is 4.45. The fourth-order valence-electron chi connectivity index (χ4n) is 1.66. The number of carboxylic acid groups (broad SMARTS) is 1. The molecule has 1 N–H and O–H groups in total. The van der Waals surface area contributed by atoms with Crippen LogP contribution in [-0.4, -0.2) is 15.6 Å². The van der Waals surface area contributed by atoms with Gasteiger partial charge in [-0.3, -0.25) is 0 Å². The molecule has 1 aromatic heterocycles. The summed E-state index contributed by atoms with van der Waals surface area (Å²) in [7, 11) is 0. The zero-order valence-corrected chi connectivity index (χ0v) is 10.9. The highest BCUT2D eigenvalue weighted by molar-refractivity contribution is 7.73. The number of aliphatic carboxylic acids is 1. The van der Waals surface area contributed by atoms with Crippen molar-refractivity contribution in [2.24, 2.45) is 0 Å². The van der Waals surface area contributed by atoms with Gasteiger partial charge in [0.2, 0.25) is 0 Å². The average Bonchev–Trinajstić information content (AvgIpc) is 2.39. The molecule has 0 aliphatic heterocycles. The van der Waals surface area contributed by atoms with Gasteiger partial charge in [-0.05, 0) is 32.0 Å². The van der Waals surface area contributed by atoms with Crippen LogP contribution in [0.3, 0.4) is 0 Å². The van der Waals surface area contributed by atoms with E-state index < -0.39 is 12.0 Å². The maximum Gasteiger partial charge on any atom is 0.326 e. The lowest BCUT2D eigenvalue weighted by molar-refractivity contribution is -0.140. The van der Waals surface area contributed by atoms with Crippen molar-refractivity contribution in [2.45, 2.75) is 39.7 Å². The fraction of sp³-hybridized carbons (Fsp3) is 0.600. The van der Waals surface area contributed by atoms with Crippen LogP contribution < -0.4 is 0 Å². The Morgan fingerprint density at radius 1 is 1.47 bits per heavy atom. The Bertz CT molecular complexity index is 431. The Labute approximate surface area is 98.4 Å². The van der Waals surface area contributed by atoms with Gasteiger partial charge < -0.3 is 9.67 Å². The molecule has 1 heterocycles. The quantitative estimate of drug-likeness (QED) is 0.830. The maximum atomic E-state index is 11.0. The van der Waals surface area contributed by atoms with Gasteiger partial charge in [0.25, 0.3) is 0 Å². The number of aryl methyl sites for hydroxylation is 1. The second-order valence-corrected chi connectivity index (χ2v) is 5.70. The number of thiazole rings is 1. The van der Waals surface area contributed by atoms with Crippen molar-refractivity contribution in [1.82, 2.24) is 4.57 Å². The van der Waals surface area contributed by atoms with Crippen LogP contribution in [-0.2, 0) is 4.79 Å². The van der Waals surface area contributed by atoms with Crippen LogP contribution in [0.4, 0.5) is 0 Å². The fourth-order valence-corrected chi connectivity index (χ4v) is 3.35. The van der Waals surface area contributed by atoms with Crippen molar-refractivity contribution in [2.75, 3.05) is 0 Å². The van der Waals surface area contributed by atoms with Crippen LogP contribution in [0.25, 0.3) is 0 Å². The lowest BCUT2D eigenvalue weighted by Crippen LogP contribution is -2.18. The molecule has 3 nitrogen and oxygen atoms in total. The summed E-state index contributed by atoms with van der Waals surface area (Å²) in [6.07, 6.45) is 0. The van der Waals surface area contributed by atoms with E-state index in [0.29, 0.717) is 9.87 Å². The monoisotopic (exact) mass is 245 g/mol. The molecule has 0 saturated heterocycles. The normalized spacial score (nSPS) is 13.1. The molecule has 0 spiro atoms. The topological polar surface area (TPSA) is 42.2 Å². The van der Waals surface area contributed by atoms with Gasteiger partial charge >= 0.3 is 5.97 Å². The molecule has 1 aromatic rings. The van der Waals surface area contributed by atoms with E-state index in [2.05, 4.69) is 13.8 Å². The van der Waals surface area contributed by atoms with E-state index in [1.54, 1.807) is 11.5 Å². The molecular formula is C10H15NO2S2. The molecule has 0 bridgehead atoms. The van der Waals surface area contributed by atoms with E-state index in [0.717, 1.165) is 10.6 Å². The zero-order chi connectivity index (χ0) is 11.7. The molecule has 0 saturated carbocycles. The van der Waals surface area contributed by atoms with Crippen molar-refractivity contribution in [1.29, 1.82) is 0 Å². The summed E-state index contributed by atoms with van der Waals surface area (Å²) in [6, 6.07) is -0.583. The molecule has 0 fully saturated rings. The molecule has 0 radical (unpaired) electrons. The summed E-state index contributed by atoms with van der Waals surface area (Å²) in [4.78, 5) is 12.1. The molecule has 84 valence electrons. The Balaban J connectivity index is 3.39. The zero-order valence-electron chi connectivity index (χ0n) is 9.27. The number of hydrogen-bond acceptors (Lipinski definition) is 3. The number of rotatable bonds is 3. The van der Waals surface area contributed by atoms with Crippen LogP contribution in [0.1, 0.15) is 43.3 Å². The highest BCUT2D eigenvalue weighted by Gasteiger charge is 2.21. The first-order valence-electron chi connectivity index (χ1n) is 4.80. The van der Waals surface area contributed by atoms with Crippen LogP contribution in [0.2, 0.25) is 0 Å². The molecule has 1 rings (SSSR count). The van der Waals surface area contributed by atoms with Crippen LogP contribution >= 0.6 is 23.6 Å². The smallest absolute Gasteiger partial charge is 0.326 e. The highest BCUT2D eigenvalue weighted by atomic mass is 32.1. The molecule has 0 unspecified atom stereocenters. The van der Waals surface area contributed by atoms with Gasteiger partial charge in [-0.1, -0.05) is 13.8 Å². The lowest BCUT2D eigenvalue weighted by Gasteiger charge is -2.15. The number of aromatic nitrogens is 1. The number of hydrogen-bond donors (Lipinski definition) is 1. The third kappa shape index (κ3) is 2.29. The molecule has 1 atom stereocenters. The van der Waals surface area contributed by atoms with Crippen molar-refractivity contribution < 1.29 is 9.90 Å². The molecular weight excluding hydrogens is 230 g/mol. The van der Waals surface area contributed by atoms with Gasteiger partial charge in [-0.2, -0.15) is 0 Å².